The van der Waals surface area contributed by atoms with Crippen molar-refractivity contribution in [3.8, 4) is 0 Å². The summed E-state index contributed by atoms with van der Waals surface area (Å²) in [4.78, 5) is 23.5. The average Bonchev–Trinajstić information content (AvgIpc) is 3.13. The molecule has 2 aromatic heterocycles. The zero-order chi connectivity index (χ0) is 22.9. The second-order valence-corrected chi connectivity index (χ2v) is 12.9. The van der Waals surface area contributed by atoms with Crippen LogP contribution in [-0.2, 0) is 11.0 Å². The Bertz CT molecular complexity index is 1030. The first-order valence-corrected chi connectivity index (χ1v) is 13.2. The van der Waals surface area contributed by atoms with Gasteiger partial charge in [0.05, 0.1) is 39.2 Å². The highest BCUT2D eigenvalue weighted by molar-refractivity contribution is 7.99. The van der Waals surface area contributed by atoms with Crippen molar-refractivity contribution in [3.05, 3.63) is 34.0 Å². The molecule has 1 aliphatic carbocycles. The van der Waals surface area contributed by atoms with Crippen LogP contribution in [0.5, 0.6) is 0 Å². The van der Waals surface area contributed by atoms with E-state index in [1.807, 2.05) is 20.8 Å². The molecular weight excluding hydrogens is 468 g/mol. The van der Waals surface area contributed by atoms with E-state index in [2.05, 4.69) is 29.8 Å². The molecule has 174 valence electrons. The summed E-state index contributed by atoms with van der Waals surface area (Å²) in [6, 6.07) is 0.307. The predicted molar refractivity (Wildman–Crippen MR) is 129 cm³/mol. The number of nitrogens with zero attached hydrogens (tertiary/aromatic N) is 4. The fourth-order valence-corrected chi connectivity index (χ4v) is 6.39. The van der Waals surface area contributed by atoms with Gasteiger partial charge in [0.1, 0.15) is 15.9 Å². The van der Waals surface area contributed by atoms with Crippen molar-refractivity contribution in [1.82, 2.24) is 24.9 Å². The highest BCUT2D eigenvalue weighted by atomic mass is 35.5. The minimum atomic E-state index is -1.05. The molecule has 1 unspecified atom stereocenters. The standard InChI is InChI=1S/C21H29ClN6O2S2/c1-20(2,3)32(30)27-15-5-4-6-21(15)7-9-28(10-8-21)16-12-24-17(13-23-16)31-14-11-25-26-19(29)18(14)22/h11-13,15,27H,4-10H2,1-3H3,(H,26,29)/t15-,32?/m1/s1. The van der Waals surface area contributed by atoms with Gasteiger partial charge in [0.2, 0.25) is 0 Å². The maximum Gasteiger partial charge on any atom is 0.284 e. The number of aromatic nitrogens is 4. The van der Waals surface area contributed by atoms with Crippen molar-refractivity contribution in [1.29, 1.82) is 0 Å². The molecule has 1 saturated heterocycles. The van der Waals surface area contributed by atoms with E-state index in [-0.39, 0.29) is 15.2 Å². The van der Waals surface area contributed by atoms with Crippen molar-refractivity contribution >= 4 is 40.2 Å². The van der Waals surface area contributed by atoms with Crippen molar-refractivity contribution in [3.63, 3.8) is 0 Å². The maximum atomic E-state index is 12.7. The molecule has 2 aromatic rings. The SMILES string of the molecule is CC(C)(C)S(=O)N[C@@H]1CCCC12CCN(c1cnc(Sc3cn[nH]c(=O)c3Cl)cn1)CC2. The Labute approximate surface area is 199 Å². The Morgan fingerprint density at radius 2 is 1.97 bits per heavy atom. The number of piperidine rings is 1. The number of H-pyrrole nitrogens is 1. The van der Waals surface area contributed by atoms with E-state index >= 15 is 0 Å². The Morgan fingerprint density at radius 3 is 2.62 bits per heavy atom. The maximum absolute atomic E-state index is 12.7. The van der Waals surface area contributed by atoms with Crippen molar-refractivity contribution in [2.24, 2.45) is 5.41 Å². The number of nitrogens with one attached hydrogen (secondary N) is 2. The van der Waals surface area contributed by atoms with Crippen molar-refractivity contribution in [2.75, 3.05) is 18.0 Å². The summed E-state index contributed by atoms with van der Waals surface area (Å²) in [6.07, 6.45) is 10.6. The van der Waals surface area contributed by atoms with Crippen LogP contribution in [0.2, 0.25) is 5.02 Å². The number of aromatic amines is 1. The van der Waals surface area contributed by atoms with Gasteiger partial charge in [-0.15, -0.1) is 0 Å². The smallest absolute Gasteiger partial charge is 0.284 e. The Morgan fingerprint density at radius 1 is 1.22 bits per heavy atom. The lowest BCUT2D eigenvalue weighted by Gasteiger charge is -2.44. The molecule has 2 atom stereocenters. The Hall–Kier alpha value is -1.49. The van der Waals surface area contributed by atoms with Crippen LogP contribution in [0.15, 0.2) is 33.3 Å². The van der Waals surface area contributed by atoms with Gasteiger partial charge in [-0.05, 0) is 51.9 Å². The van der Waals surface area contributed by atoms with Gasteiger partial charge in [0.25, 0.3) is 5.56 Å². The van der Waals surface area contributed by atoms with E-state index < -0.39 is 16.5 Å². The van der Waals surface area contributed by atoms with E-state index in [0.29, 0.717) is 16.0 Å². The number of rotatable bonds is 5. The van der Waals surface area contributed by atoms with Crippen LogP contribution in [0.25, 0.3) is 0 Å². The van der Waals surface area contributed by atoms with Gasteiger partial charge in [-0.1, -0.05) is 29.8 Å². The Balaban J connectivity index is 1.38. The molecule has 2 fully saturated rings. The Kier molecular flexibility index (Phi) is 6.95. The molecular formula is C21H29ClN6O2S2. The molecule has 0 radical (unpaired) electrons. The van der Waals surface area contributed by atoms with Gasteiger partial charge in [0.15, 0.2) is 0 Å². The van der Waals surface area contributed by atoms with Gasteiger partial charge in [0, 0.05) is 19.1 Å². The summed E-state index contributed by atoms with van der Waals surface area (Å²) in [5, 5.41) is 6.84. The van der Waals surface area contributed by atoms with Crippen LogP contribution in [0, 0.1) is 5.41 Å². The van der Waals surface area contributed by atoms with Gasteiger partial charge in [-0.25, -0.2) is 24.0 Å². The highest BCUT2D eigenvalue weighted by Gasteiger charge is 2.46. The molecule has 1 saturated carbocycles. The molecule has 2 N–H and O–H groups in total. The molecule has 1 spiro atoms. The largest absolute Gasteiger partial charge is 0.355 e. The summed E-state index contributed by atoms with van der Waals surface area (Å²) in [5.41, 5.74) is -0.209. The summed E-state index contributed by atoms with van der Waals surface area (Å²) >= 11 is 7.30. The average molecular weight is 497 g/mol. The van der Waals surface area contributed by atoms with E-state index in [0.717, 1.165) is 38.2 Å². The van der Waals surface area contributed by atoms with Crippen LogP contribution < -0.4 is 15.2 Å². The highest BCUT2D eigenvalue weighted by Crippen LogP contribution is 2.47. The molecule has 3 heterocycles. The molecule has 0 amide bonds. The molecule has 32 heavy (non-hydrogen) atoms. The quantitative estimate of drug-likeness (QED) is 0.652. The summed E-state index contributed by atoms with van der Waals surface area (Å²) in [7, 11) is -1.05. The van der Waals surface area contributed by atoms with E-state index in [1.54, 1.807) is 12.4 Å². The van der Waals surface area contributed by atoms with Crippen LogP contribution in [-0.4, -0.2) is 48.3 Å². The third-order valence-corrected chi connectivity index (χ3v) is 9.44. The fourth-order valence-electron chi connectivity index (χ4n) is 4.48. The van der Waals surface area contributed by atoms with Crippen LogP contribution in [0.4, 0.5) is 5.82 Å². The van der Waals surface area contributed by atoms with Gasteiger partial charge in [-0.2, -0.15) is 5.10 Å². The summed E-state index contributed by atoms with van der Waals surface area (Å²) in [6.45, 7) is 7.86. The monoisotopic (exact) mass is 496 g/mol. The van der Waals surface area contributed by atoms with Gasteiger partial charge >= 0.3 is 0 Å². The molecule has 8 nitrogen and oxygen atoms in total. The molecule has 2 aliphatic rings. The van der Waals surface area contributed by atoms with E-state index in [1.165, 1.54) is 30.8 Å². The first-order valence-electron chi connectivity index (χ1n) is 10.8. The number of hydrogen-bond donors (Lipinski definition) is 2. The third kappa shape index (κ3) is 5.03. The zero-order valence-electron chi connectivity index (χ0n) is 18.6. The van der Waals surface area contributed by atoms with E-state index in [9.17, 15) is 9.00 Å². The van der Waals surface area contributed by atoms with Crippen LogP contribution in [0.1, 0.15) is 52.9 Å². The van der Waals surface area contributed by atoms with Crippen molar-refractivity contribution < 1.29 is 4.21 Å². The zero-order valence-corrected chi connectivity index (χ0v) is 20.9. The molecule has 0 aromatic carbocycles. The first-order chi connectivity index (χ1) is 15.2. The predicted octanol–water partition coefficient (Wildman–Crippen LogP) is 3.56. The van der Waals surface area contributed by atoms with Crippen molar-refractivity contribution in [2.45, 2.75) is 73.6 Å². The normalized spacial score (nSPS) is 21.8. The van der Waals surface area contributed by atoms with Gasteiger partial charge < -0.3 is 4.90 Å². The second kappa shape index (κ2) is 9.40. The lowest BCUT2D eigenvalue weighted by Crippen LogP contribution is -2.51. The molecule has 4 rings (SSSR count). The number of anilines is 1. The second-order valence-electron chi connectivity index (χ2n) is 9.49. The minimum Gasteiger partial charge on any atom is -0.355 e. The summed E-state index contributed by atoms with van der Waals surface area (Å²) in [5.74, 6) is 0.847. The lowest BCUT2D eigenvalue weighted by atomic mass is 9.74. The third-order valence-electron chi connectivity index (χ3n) is 6.39. The number of halogens is 1. The molecule has 1 aliphatic heterocycles. The minimum absolute atomic E-state index is 0.101. The van der Waals surface area contributed by atoms with E-state index in [4.69, 9.17) is 11.6 Å². The summed E-state index contributed by atoms with van der Waals surface area (Å²) < 4.78 is 15.9. The number of hydrogen-bond acceptors (Lipinski definition) is 7. The fraction of sp³-hybridized carbons (Fsp3) is 0.619. The van der Waals surface area contributed by atoms with Crippen LogP contribution >= 0.6 is 23.4 Å². The first kappa shape index (κ1) is 23.7. The molecule has 11 heteroatoms. The topological polar surface area (TPSA) is 104 Å². The van der Waals surface area contributed by atoms with Gasteiger partial charge in [-0.3, -0.25) is 4.79 Å². The molecule has 0 bridgehead atoms. The lowest BCUT2D eigenvalue weighted by molar-refractivity contribution is 0.188. The van der Waals surface area contributed by atoms with Crippen LogP contribution in [0.3, 0.4) is 0 Å².